The maximum Gasteiger partial charge on any atom is 0.170 e. The minimum absolute atomic E-state index is 0.0669. The fraction of sp³-hybridized carbons (Fsp3) is 0.538. The molecule has 0 spiro atoms. The standard InChI is InChI=1S/C13H22N4O3/c1-19-8-3-6-17(7-9-20-2)12-10-11(4-5-15-12)13(14)16-18/h4-5,10,18H,3,6-9H2,1-2H3,(H2,14,16). The Morgan fingerprint density at radius 2 is 2.10 bits per heavy atom. The Morgan fingerprint density at radius 1 is 1.35 bits per heavy atom. The molecule has 0 aliphatic carbocycles. The van der Waals surface area contributed by atoms with Crippen LogP contribution in [0.2, 0.25) is 0 Å². The highest BCUT2D eigenvalue weighted by Crippen LogP contribution is 2.13. The summed E-state index contributed by atoms with van der Waals surface area (Å²) in [4.78, 5) is 6.41. The van der Waals surface area contributed by atoms with Gasteiger partial charge in [-0.2, -0.15) is 0 Å². The van der Waals surface area contributed by atoms with E-state index in [-0.39, 0.29) is 5.84 Å². The number of nitrogens with zero attached hydrogens (tertiary/aromatic N) is 3. The van der Waals surface area contributed by atoms with Gasteiger partial charge in [0.15, 0.2) is 5.84 Å². The quantitative estimate of drug-likeness (QED) is 0.227. The van der Waals surface area contributed by atoms with Crippen LogP contribution in [-0.4, -0.2) is 56.5 Å². The van der Waals surface area contributed by atoms with Gasteiger partial charge in [0.2, 0.25) is 0 Å². The summed E-state index contributed by atoms with van der Waals surface area (Å²) in [6.07, 6.45) is 2.52. The molecule has 3 N–H and O–H groups in total. The Bertz CT molecular complexity index is 426. The zero-order valence-corrected chi connectivity index (χ0v) is 12.0. The molecule has 0 bridgehead atoms. The lowest BCUT2D eigenvalue weighted by molar-refractivity contribution is 0.191. The van der Waals surface area contributed by atoms with Crippen molar-refractivity contribution in [3.8, 4) is 0 Å². The molecule has 1 aromatic heterocycles. The highest BCUT2D eigenvalue weighted by atomic mass is 16.5. The highest BCUT2D eigenvalue weighted by molar-refractivity contribution is 5.97. The number of pyridine rings is 1. The van der Waals surface area contributed by atoms with Crippen molar-refractivity contribution in [2.45, 2.75) is 6.42 Å². The van der Waals surface area contributed by atoms with Gasteiger partial charge in [0.1, 0.15) is 5.82 Å². The minimum atomic E-state index is 0.0669. The first-order valence-corrected chi connectivity index (χ1v) is 6.39. The fourth-order valence-electron chi connectivity index (χ4n) is 1.75. The maximum absolute atomic E-state index is 8.72. The Kier molecular flexibility index (Phi) is 7.38. The van der Waals surface area contributed by atoms with Crippen LogP contribution in [0.5, 0.6) is 0 Å². The van der Waals surface area contributed by atoms with Crippen LogP contribution in [0.1, 0.15) is 12.0 Å². The van der Waals surface area contributed by atoms with Crippen molar-refractivity contribution >= 4 is 11.7 Å². The van der Waals surface area contributed by atoms with Crippen LogP contribution in [0.4, 0.5) is 5.82 Å². The number of nitrogens with two attached hydrogens (primary N) is 1. The average Bonchev–Trinajstić information content (AvgIpc) is 2.50. The van der Waals surface area contributed by atoms with Crippen LogP contribution in [0, 0.1) is 0 Å². The summed E-state index contributed by atoms with van der Waals surface area (Å²) >= 11 is 0. The van der Waals surface area contributed by atoms with Gasteiger partial charge < -0.3 is 25.3 Å². The highest BCUT2D eigenvalue weighted by Gasteiger charge is 2.09. The summed E-state index contributed by atoms with van der Waals surface area (Å²) in [7, 11) is 3.34. The number of anilines is 1. The lowest BCUT2D eigenvalue weighted by atomic mass is 10.2. The van der Waals surface area contributed by atoms with Gasteiger partial charge in [-0.3, -0.25) is 0 Å². The van der Waals surface area contributed by atoms with Crippen LogP contribution in [0.25, 0.3) is 0 Å². The van der Waals surface area contributed by atoms with Gasteiger partial charge in [0.25, 0.3) is 0 Å². The molecule has 0 saturated carbocycles. The molecule has 0 radical (unpaired) electrons. The molecule has 0 aliphatic heterocycles. The number of aromatic nitrogens is 1. The molecule has 0 atom stereocenters. The number of hydrogen-bond donors (Lipinski definition) is 2. The van der Waals surface area contributed by atoms with Crippen molar-refractivity contribution in [2.24, 2.45) is 10.9 Å². The van der Waals surface area contributed by atoms with E-state index >= 15 is 0 Å². The van der Waals surface area contributed by atoms with Crippen LogP contribution < -0.4 is 10.6 Å². The second-order valence-electron chi connectivity index (χ2n) is 4.21. The van der Waals surface area contributed by atoms with Gasteiger partial charge in [0, 0.05) is 45.7 Å². The number of ether oxygens (including phenoxy) is 2. The Hall–Kier alpha value is -1.86. The molecule has 0 amide bonds. The largest absolute Gasteiger partial charge is 0.409 e. The monoisotopic (exact) mass is 282 g/mol. The summed E-state index contributed by atoms with van der Waals surface area (Å²) in [6.45, 7) is 2.79. The van der Waals surface area contributed by atoms with E-state index in [1.54, 1.807) is 32.5 Å². The van der Waals surface area contributed by atoms with E-state index in [4.69, 9.17) is 20.4 Å². The first-order valence-electron chi connectivity index (χ1n) is 6.39. The number of amidine groups is 1. The zero-order valence-electron chi connectivity index (χ0n) is 12.0. The molecule has 7 nitrogen and oxygen atoms in total. The topological polar surface area (TPSA) is 93.2 Å². The predicted octanol–water partition coefficient (Wildman–Crippen LogP) is 0.665. The number of oxime groups is 1. The first-order chi connectivity index (χ1) is 9.72. The minimum Gasteiger partial charge on any atom is -0.409 e. The third kappa shape index (κ3) is 5.02. The average molecular weight is 282 g/mol. The summed E-state index contributed by atoms with van der Waals surface area (Å²) in [6, 6.07) is 3.49. The molecule has 1 rings (SSSR count). The molecule has 112 valence electrons. The van der Waals surface area contributed by atoms with Gasteiger partial charge in [-0.1, -0.05) is 5.16 Å². The molecule has 0 aromatic carbocycles. The van der Waals surface area contributed by atoms with Gasteiger partial charge in [-0.25, -0.2) is 4.98 Å². The lowest BCUT2D eigenvalue weighted by Crippen LogP contribution is -2.30. The normalized spacial score (nSPS) is 11.6. The summed E-state index contributed by atoms with van der Waals surface area (Å²) < 4.78 is 10.2. The van der Waals surface area contributed by atoms with Crippen molar-refractivity contribution in [3.63, 3.8) is 0 Å². The Morgan fingerprint density at radius 3 is 2.75 bits per heavy atom. The van der Waals surface area contributed by atoms with Crippen molar-refractivity contribution in [3.05, 3.63) is 23.9 Å². The SMILES string of the molecule is COCCCN(CCOC)c1cc(C(N)=NO)ccn1. The zero-order chi connectivity index (χ0) is 14.8. The Labute approximate surface area is 119 Å². The number of hydrogen-bond acceptors (Lipinski definition) is 6. The molecular weight excluding hydrogens is 260 g/mol. The lowest BCUT2D eigenvalue weighted by Gasteiger charge is -2.23. The van der Waals surface area contributed by atoms with Gasteiger partial charge in [0.05, 0.1) is 6.61 Å². The van der Waals surface area contributed by atoms with Crippen molar-refractivity contribution in [1.29, 1.82) is 0 Å². The Balaban J connectivity index is 2.82. The van der Waals surface area contributed by atoms with E-state index in [9.17, 15) is 0 Å². The van der Waals surface area contributed by atoms with E-state index < -0.39 is 0 Å². The fourth-order valence-corrected chi connectivity index (χ4v) is 1.75. The smallest absolute Gasteiger partial charge is 0.170 e. The summed E-state index contributed by atoms with van der Waals surface area (Å²) in [5.41, 5.74) is 6.23. The molecule has 0 fully saturated rings. The summed E-state index contributed by atoms with van der Waals surface area (Å²) in [5.74, 6) is 0.833. The van der Waals surface area contributed by atoms with Crippen LogP contribution in [0.15, 0.2) is 23.5 Å². The molecule has 0 unspecified atom stereocenters. The third-order valence-corrected chi connectivity index (χ3v) is 2.81. The molecule has 7 heteroatoms. The van der Waals surface area contributed by atoms with E-state index in [1.807, 2.05) is 0 Å². The molecule has 1 heterocycles. The van der Waals surface area contributed by atoms with Crippen molar-refractivity contribution in [1.82, 2.24) is 4.98 Å². The number of rotatable bonds is 9. The summed E-state index contributed by atoms with van der Waals surface area (Å²) in [5, 5.41) is 11.7. The van der Waals surface area contributed by atoms with Crippen molar-refractivity contribution in [2.75, 3.05) is 45.4 Å². The number of methoxy groups -OCH3 is 2. The van der Waals surface area contributed by atoms with Gasteiger partial charge >= 0.3 is 0 Å². The van der Waals surface area contributed by atoms with E-state index in [2.05, 4.69) is 15.0 Å². The molecular formula is C13H22N4O3. The van der Waals surface area contributed by atoms with Crippen molar-refractivity contribution < 1.29 is 14.7 Å². The van der Waals surface area contributed by atoms with Gasteiger partial charge in [-0.15, -0.1) is 0 Å². The molecule has 0 aliphatic rings. The van der Waals surface area contributed by atoms with Crippen LogP contribution in [-0.2, 0) is 9.47 Å². The second kappa shape index (κ2) is 9.11. The van der Waals surface area contributed by atoms with Crippen LogP contribution in [0.3, 0.4) is 0 Å². The van der Waals surface area contributed by atoms with Crippen LogP contribution >= 0.6 is 0 Å². The molecule has 1 aromatic rings. The third-order valence-electron chi connectivity index (χ3n) is 2.81. The van der Waals surface area contributed by atoms with Gasteiger partial charge in [-0.05, 0) is 18.6 Å². The molecule has 0 saturated heterocycles. The first kappa shape index (κ1) is 16.2. The maximum atomic E-state index is 8.72. The molecule has 20 heavy (non-hydrogen) atoms. The van der Waals surface area contributed by atoms with E-state index in [0.717, 1.165) is 18.8 Å². The van der Waals surface area contributed by atoms with E-state index in [0.29, 0.717) is 25.3 Å². The predicted molar refractivity (Wildman–Crippen MR) is 77.3 cm³/mol. The van der Waals surface area contributed by atoms with E-state index in [1.165, 1.54) is 0 Å². The second-order valence-corrected chi connectivity index (χ2v) is 4.21.